The van der Waals surface area contributed by atoms with Crippen LogP contribution in [0.5, 0.6) is 0 Å². The Morgan fingerprint density at radius 1 is 0.370 bits per heavy atom. The summed E-state index contributed by atoms with van der Waals surface area (Å²) < 4.78 is 0. The predicted octanol–water partition coefficient (Wildman–Crippen LogP) is 9.94. The van der Waals surface area contributed by atoms with Gasteiger partial charge < -0.3 is 0 Å². The van der Waals surface area contributed by atoms with E-state index in [4.69, 9.17) is 19.9 Å². The molecule has 46 heavy (non-hydrogen) atoms. The fourth-order valence-corrected chi connectivity index (χ4v) is 6.31. The highest BCUT2D eigenvalue weighted by Gasteiger charge is 2.16. The molecule has 9 rings (SSSR count). The van der Waals surface area contributed by atoms with E-state index in [0.717, 1.165) is 82.8 Å². The summed E-state index contributed by atoms with van der Waals surface area (Å²) in [5.74, 6) is 0.691. The van der Waals surface area contributed by atoms with Crippen LogP contribution in [0.25, 0.3) is 88.6 Å². The van der Waals surface area contributed by atoms with Crippen molar-refractivity contribution in [2.24, 2.45) is 0 Å². The van der Waals surface area contributed by atoms with Crippen LogP contribution in [-0.4, -0.2) is 24.9 Å². The summed E-state index contributed by atoms with van der Waals surface area (Å²) in [6, 6.07) is 47.7. The number of hydrogen-bond donors (Lipinski definition) is 0. The van der Waals surface area contributed by atoms with Gasteiger partial charge in [-0.05, 0) is 29.7 Å². The molecule has 0 saturated heterocycles. The summed E-state index contributed by atoms with van der Waals surface area (Å²) in [6.45, 7) is 0. The van der Waals surface area contributed by atoms with E-state index >= 15 is 0 Å². The van der Waals surface area contributed by atoms with Gasteiger partial charge in [0.25, 0.3) is 0 Å². The van der Waals surface area contributed by atoms with Crippen LogP contribution in [-0.2, 0) is 0 Å². The molecule has 0 saturated carbocycles. The molecule has 5 aromatic carbocycles. The SMILES string of the molecule is c1ccc(-c2cc(-c3cccc(-c4nc5c(cnc6c5ccc5cccnc56)c5ccccc45)c3)nc(-c3ccccc3)n2)cc1. The fourth-order valence-electron chi connectivity index (χ4n) is 6.31. The molecule has 5 nitrogen and oxygen atoms in total. The molecule has 0 bridgehead atoms. The smallest absolute Gasteiger partial charge is 0.160 e. The van der Waals surface area contributed by atoms with Crippen LogP contribution in [0.1, 0.15) is 0 Å². The van der Waals surface area contributed by atoms with E-state index < -0.39 is 0 Å². The lowest BCUT2D eigenvalue weighted by Gasteiger charge is -2.13. The van der Waals surface area contributed by atoms with Gasteiger partial charge >= 0.3 is 0 Å². The summed E-state index contributed by atoms with van der Waals surface area (Å²) in [4.78, 5) is 25.0. The van der Waals surface area contributed by atoms with Crippen LogP contribution >= 0.6 is 0 Å². The van der Waals surface area contributed by atoms with E-state index in [-0.39, 0.29) is 0 Å². The van der Waals surface area contributed by atoms with Crippen LogP contribution in [0, 0.1) is 0 Å². The molecule has 0 aliphatic heterocycles. The third kappa shape index (κ3) is 4.37. The Balaban J connectivity index is 1.27. The number of pyridine rings is 3. The molecule has 0 fully saturated rings. The average molecular weight is 588 g/mol. The van der Waals surface area contributed by atoms with Gasteiger partial charge in [-0.3, -0.25) is 9.97 Å². The summed E-state index contributed by atoms with van der Waals surface area (Å²) in [7, 11) is 0. The molecule has 214 valence electrons. The predicted molar refractivity (Wildman–Crippen MR) is 187 cm³/mol. The largest absolute Gasteiger partial charge is 0.254 e. The standard InChI is InChI=1S/C41H25N5/c1-3-11-26(12-4-1)35-24-36(45-41(44-35)28-13-5-2-6-14-28)29-15-9-16-30(23-29)37-32-19-8-7-18-31(32)34-25-43-40-33(39(34)46-37)21-20-27-17-10-22-42-38(27)40/h1-25H. The summed E-state index contributed by atoms with van der Waals surface area (Å²) >= 11 is 0. The molecule has 0 spiro atoms. The molecule has 0 unspecified atom stereocenters. The minimum absolute atomic E-state index is 0.691. The molecule has 4 aromatic heterocycles. The Bertz CT molecular complexity index is 2520. The van der Waals surface area contributed by atoms with Crippen LogP contribution < -0.4 is 0 Å². The zero-order valence-electron chi connectivity index (χ0n) is 24.7. The summed E-state index contributed by atoms with van der Waals surface area (Å²) in [5.41, 5.74) is 9.33. The second-order valence-electron chi connectivity index (χ2n) is 11.3. The van der Waals surface area contributed by atoms with E-state index in [0.29, 0.717) is 5.82 Å². The van der Waals surface area contributed by atoms with Gasteiger partial charge in [0.2, 0.25) is 0 Å². The van der Waals surface area contributed by atoms with E-state index in [9.17, 15) is 0 Å². The van der Waals surface area contributed by atoms with Crippen molar-refractivity contribution in [3.05, 3.63) is 152 Å². The van der Waals surface area contributed by atoms with Gasteiger partial charge in [0, 0.05) is 56.2 Å². The Kier molecular flexibility index (Phi) is 6.06. The second-order valence-corrected chi connectivity index (χ2v) is 11.3. The van der Waals surface area contributed by atoms with Crippen molar-refractivity contribution < 1.29 is 0 Å². The van der Waals surface area contributed by atoms with Crippen LogP contribution in [0.15, 0.2) is 152 Å². The van der Waals surface area contributed by atoms with E-state index in [1.807, 2.05) is 67.0 Å². The molecule has 9 aromatic rings. The lowest BCUT2D eigenvalue weighted by atomic mass is 9.97. The zero-order valence-corrected chi connectivity index (χ0v) is 24.7. The first kappa shape index (κ1) is 26.1. The molecule has 0 N–H and O–H groups in total. The first-order valence-electron chi connectivity index (χ1n) is 15.3. The van der Waals surface area contributed by atoms with Gasteiger partial charge in [-0.15, -0.1) is 0 Å². The monoisotopic (exact) mass is 587 g/mol. The Morgan fingerprint density at radius 3 is 1.89 bits per heavy atom. The van der Waals surface area contributed by atoms with Crippen molar-refractivity contribution in [1.29, 1.82) is 0 Å². The minimum atomic E-state index is 0.691. The zero-order chi connectivity index (χ0) is 30.5. The maximum absolute atomic E-state index is 5.37. The highest BCUT2D eigenvalue weighted by atomic mass is 14.9. The third-order valence-corrected chi connectivity index (χ3v) is 8.54. The van der Waals surface area contributed by atoms with Crippen molar-refractivity contribution in [3.63, 3.8) is 0 Å². The van der Waals surface area contributed by atoms with Crippen LogP contribution in [0.2, 0.25) is 0 Å². The molecule has 0 aliphatic carbocycles. The number of hydrogen-bond acceptors (Lipinski definition) is 5. The van der Waals surface area contributed by atoms with Crippen molar-refractivity contribution in [1.82, 2.24) is 24.9 Å². The molecule has 0 radical (unpaired) electrons. The summed E-state index contributed by atoms with van der Waals surface area (Å²) in [5, 5.41) is 5.26. The van der Waals surface area contributed by atoms with Gasteiger partial charge in [0.1, 0.15) is 0 Å². The molecule has 0 aliphatic rings. The van der Waals surface area contributed by atoms with Crippen LogP contribution in [0.3, 0.4) is 0 Å². The van der Waals surface area contributed by atoms with E-state index in [1.165, 1.54) is 0 Å². The topological polar surface area (TPSA) is 64.5 Å². The quantitative estimate of drug-likeness (QED) is 0.192. The van der Waals surface area contributed by atoms with Crippen molar-refractivity contribution >= 4 is 43.5 Å². The third-order valence-electron chi connectivity index (χ3n) is 8.54. The lowest BCUT2D eigenvalue weighted by Crippen LogP contribution is -1.96. The highest BCUT2D eigenvalue weighted by molar-refractivity contribution is 6.20. The minimum Gasteiger partial charge on any atom is -0.254 e. The van der Waals surface area contributed by atoms with E-state index in [2.05, 4.69) is 89.9 Å². The Hall–Kier alpha value is -6.33. The molecule has 4 heterocycles. The van der Waals surface area contributed by atoms with Gasteiger partial charge in [0.15, 0.2) is 5.82 Å². The lowest BCUT2D eigenvalue weighted by molar-refractivity contribution is 1.18. The molecule has 5 heteroatoms. The number of benzene rings is 5. The van der Waals surface area contributed by atoms with Gasteiger partial charge in [-0.1, -0.05) is 115 Å². The molecule has 0 amide bonds. The van der Waals surface area contributed by atoms with Crippen LogP contribution in [0.4, 0.5) is 0 Å². The molecule has 0 atom stereocenters. The second kappa shape index (κ2) is 10.7. The van der Waals surface area contributed by atoms with Crippen molar-refractivity contribution in [2.75, 3.05) is 0 Å². The Morgan fingerprint density at radius 2 is 1.07 bits per heavy atom. The maximum Gasteiger partial charge on any atom is 0.160 e. The number of rotatable bonds is 4. The fraction of sp³-hybridized carbons (Fsp3) is 0. The van der Waals surface area contributed by atoms with Gasteiger partial charge in [-0.2, -0.15) is 0 Å². The van der Waals surface area contributed by atoms with Crippen molar-refractivity contribution in [3.8, 4) is 45.2 Å². The van der Waals surface area contributed by atoms with Gasteiger partial charge in [0.05, 0.1) is 33.6 Å². The average Bonchev–Trinajstić information content (AvgIpc) is 3.14. The molecular weight excluding hydrogens is 562 g/mol. The number of nitrogens with zero attached hydrogens (tertiary/aromatic N) is 5. The molecular formula is C41H25N5. The number of aromatic nitrogens is 5. The summed E-state index contributed by atoms with van der Waals surface area (Å²) in [6.07, 6.45) is 3.76. The van der Waals surface area contributed by atoms with Gasteiger partial charge in [-0.25, -0.2) is 15.0 Å². The maximum atomic E-state index is 5.37. The van der Waals surface area contributed by atoms with Crippen molar-refractivity contribution in [2.45, 2.75) is 0 Å². The highest BCUT2D eigenvalue weighted by Crippen LogP contribution is 2.37. The first-order chi connectivity index (χ1) is 22.8. The first-order valence-corrected chi connectivity index (χ1v) is 15.3. The normalized spacial score (nSPS) is 11.5. The van der Waals surface area contributed by atoms with E-state index in [1.54, 1.807) is 0 Å². The number of fused-ring (bicyclic) bond motifs is 7. The Labute approximate surface area is 264 Å².